The Balaban J connectivity index is 2.40. The number of rotatable bonds is 10. The lowest BCUT2D eigenvalue weighted by Gasteiger charge is -2.16. The van der Waals surface area contributed by atoms with Gasteiger partial charge in [0.25, 0.3) is 0 Å². The largest absolute Gasteiger partial charge is 0.497 e. The maximum atomic E-state index is 12.0. The molecule has 1 unspecified atom stereocenters. The van der Waals surface area contributed by atoms with E-state index in [1.807, 2.05) is 13.8 Å². The number of ketones is 1. The number of carboxylic acid groups (broad SMARTS) is 1. The summed E-state index contributed by atoms with van der Waals surface area (Å²) in [6.45, 7) is 3.80. The van der Waals surface area contributed by atoms with Crippen LogP contribution in [-0.2, 0) is 9.59 Å². The molecule has 1 amide bonds. The number of carboxylic acids is 1. The second-order valence-electron chi connectivity index (χ2n) is 6.09. The molecule has 0 aliphatic rings. The van der Waals surface area contributed by atoms with Crippen molar-refractivity contribution in [1.29, 1.82) is 0 Å². The van der Waals surface area contributed by atoms with Crippen LogP contribution >= 0.6 is 0 Å². The zero-order valence-electron chi connectivity index (χ0n) is 14.4. The van der Waals surface area contributed by atoms with Crippen LogP contribution in [0.3, 0.4) is 0 Å². The fourth-order valence-corrected chi connectivity index (χ4v) is 2.29. The number of Topliss-reactive ketones (excluding diaryl/α,β-unsaturated/α-hetero) is 1. The van der Waals surface area contributed by atoms with Crippen molar-refractivity contribution in [3.05, 3.63) is 29.8 Å². The van der Waals surface area contributed by atoms with Crippen molar-refractivity contribution in [2.24, 2.45) is 5.92 Å². The predicted molar refractivity (Wildman–Crippen MR) is 90.2 cm³/mol. The Morgan fingerprint density at radius 2 is 1.75 bits per heavy atom. The van der Waals surface area contributed by atoms with E-state index in [0.29, 0.717) is 24.2 Å². The molecule has 0 radical (unpaired) electrons. The van der Waals surface area contributed by atoms with Gasteiger partial charge in [-0.15, -0.1) is 0 Å². The molecule has 0 saturated heterocycles. The Hall–Kier alpha value is -2.37. The van der Waals surface area contributed by atoms with Gasteiger partial charge >= 0.3 is 5.97 Å². The highest BCUT2D eigenvalue weighted by molar-refractivity contribution is 5.96. The monoisotopic (exact) mass is 335 g/mol. The van der Waals surface area contributed by atoms with Crippen LogP contribution < -0.4 is 10.1 Å². The first kappa shape index (κ1) is 19.7. The van der Waals surface area contributed by atoms with E-state index < -0.39 is 12.0 Å². The van der Waals surface area contributed by atoms with E-state index in [9.17, 15) is 14.4 Å². The van der Waals surface area contributed by atoms with Crippen LogP contribution in [0.5, 0.6) is 5.75 Å². The standard InChI is InChI=1S/C18H25NO5/c1-12(2)11-15(18(22)23)19-17(21)6-4-5-16(20)13-7-9-14(24-3)10-8-13/h7-10,12,15H,4-6,11H2,1-3H3,(H,19,21)(H,22,23). The molecule has 1 aromatic carbocycles. The molecule has 0 spiro atoms. The molecule has 1 rings (SSSR count). The Morgan fingerprint density at radius 1 is 1.12 bits per heavy atom. The van der Waals surface area contributed by atoms with Crippen LogP contribution in [0, 0.1) is 5.92 Å². The van der Waals surface area contributed by atoms with Gasteiger partial charge in [-0.25, -0.2) is 4.79 Å². The number of methoxy groups -OCH3 is 1. The Morgan fingerprint density at radius 3 is 2.25 bits per heavy atom. The maximum Gasteiger partial charge on any atom is 0.326 e. The normalized spacial score (nSPS) is 11.8. The zero-order valence-corrected chi connectivity index (χ0v) is 14.4. The molecule has 24 heavy (non-hydrogen) atoms. The number of hydrogen-bond acceptors (Lipinski definition) is 4. The number of ether oxygens (including phenoxy) is 1. The van der Waals surface area contributed by atoms with E-state index in [-0.39, 0.29) is 30.4 Å². The zero-order chi connectivity index (χ0) is 18.1. The summed E-state index contributed by atoms with van der Waals surface area (Å²) >= 11 is 0. The van der Waals surface area contributed by atoms with E-state index in [4.69, 9.17) is 9.84 Å². The highest BCUT2D eigenvalue weighted by atomic mass is 16.5. The third kappa shape index (κ3) is 6.81. The molecule has 6 heteroatoms. The molecule has 0 fully saturated rings. The van der Waals surface area contributed by atoms with Crippen molar-refractivity contribution in [2.75, 3.05) is 7.11 Å². The first-order valence-electron chi connectivity index (χ1n) is 8.03. The fraction of sp³-hybridized carbons (Fsp3) is 0.500. The summed E-state index contributed by atoms with van der Waals surface area (Å²) in [6, 6.07) is 5.91. The molecule has 0 bridgehead atoms. The van der Waals surface area contributed by atoms with Crippen molar-refractivity contribution in [3.63, 3.8) is 0 Å². The van der Waals surface area contributed by atoms with E-state index in [0.717, 1.165) is 0 Å². The Kier molecular flexibility index (Phi) is 7.95. The molecule has 0 aliphatic carbocycles. The number of benzene rings is 1. The molecule has 2 N–H and O–H groups in total. The molecule has 0 heterocycles. The van der Waals surface area contributed by atoms with E-state index >= 15 is 0 Å². The predicted octanol–water partition coefficient (Wildman–Crippen LogP) is 2.66. The van der Waals surface area contributed by atoms with Gasteiger partial charge in [0.2, 0.25) is 5.91 Å². The molecular weight excluding hydrogens is 310 g/mol. The minimum absolute atomic E-state index is 0.0533. The lowest BCUT2D eigenvalue weighted by molar-refractivity contribution is -0.142. The number of carbonyl (C=O) groups is 3. The van der Waals surface area contributed by atoms with E-state index in [1.54, 1.807) is 31.4 Å². The smallest absolute Gasteiger partial charge is 0.326 e. The third-order valence-electron chi connectivity index (χ3n) is 3.56. The minimum atomic E-state index is -1.04. The van der Waals surface area contributed by atoms with Crippen LogP contribution in [0.1, 0.15) is 49.9 Å². The summed E-state index contributed by atoms with van der Waals surface area (Å²) in [5, 5.41) is 11.6. The summed E-state index contributed by atoms with van der Waals surface area (Å²) < 4.78 is 5.03. The highest BCUT2D eigenvalue weighted by Gasteiger charge is 2.20. The Bertz CT molecular complexity index is 565. The number of carbonyl (C=O) groups excluding carboxylic acids is 2. The number of aliphatic carboxylic acids is 1. The van der Waals surface area contributed by atoms with Gasteiger partial charge in [-0.3, -0.25) is 9.59 Å². The second kappa shape index (κ2) is 9.70. The molecule has 0 saturated carbocycles. The first-order chi connectivity index (χ1) is 11.3. The van der Waals surface area contributed by atoms with Crippen molar-refractivity contribution >= 4 is 17.7 Å². The molecular formula is C18H25NO5. The fourth-order valence-electron chi connectivity index (χ4n) is 2.29. The highest BCUT2D eigenvalue weighted by Crippen LogP contribution is 2.14. The summed E-state index contributed by atoms with van der Waals surface area (Å²) in [5.74, 6) is -0.585. The van der Waals surface area contributed by atoms with Gasteiger partial charge in [0, 0.05) is 18.4 Å². The van der Waals surface area contributed by atoms with Gasteiger partial charge in [-0.2, -0.15) is 0 Å². The quantitative estimate of drug-likeness (QED) is 0.641. The molecule has 0 aliphatic heterocycles. The maximum absolute atomic E-state index is 12.0. The lowest BCUT2D eigenvalue weighted by atomic mass is 10.0. The van der Waals surface area contributed by atoms with Crippen LogP contribution in [0.25, 0.3) is 0 Å². The minimum Gasteiger partial charge on any atom is -0.497 e. The number of amides is 1. The SMILES string of the molecule is COc1ccc(C(=O)CCCC(=O)NC(CC(C)C)C(=O)O)cc1. The van der Waals surface area contributed by atoms with E-state index in [2.05, 4.69) is 5.32 Å². The first-order valence-corrected chi connectivity index (χ1v) is 8.03. The van der Waals surface area contributed by atoms with Gasteiger partial charge in [-0.05, 0) is 43.0 Å². The topological polar surface area (TPSA) is 92.7 Å². The van der Waals surface area contributed by atoms with Crippen molar-refractivity contribution < 1.29 is 24.2 Å². The molecule has 132 valence electrons. The average Bonchev–Trinajstić information content (AvgIpc) is 2.53. The van der Waals surface area contributed by atoms with Crippen molar-refractivity contribution in [3.8, 4) is 5.75 Å². The average molecular weight is 335 g/mol. The van der Waals surface area contributed by atoms with Gasteiger partial charge in [0.15, 0.2) is 5.78 Å². The third-order valence-corrected chi connectivity index (χ3v) is 3.56. The van der Waals surface area contributed by atoms with Crippen molar-refractivity contribution in [1.82, 2.24) is 5.32 Å². The molecule has 6 nitrogen and oxygen atoms in total. The summed E-state index contributed by atoms with van der Waals surface area (Å²) in [4.78, 5) is 35.0. The lowest BCUT2D eigenvalue weighted by Crippen LogP contribution is -2.41. The Labute approximate surface area is 142 Å². The molecule has 0 aromatic heterocycles. The van der Waals surface area contributed by atoms with Crippen LogP contribution in [0.2, 0.25) is 0 Å². The van der Waals surface area contributed by atoms with Gasteiger partial charge in [-0.1, -0.05) is 13.8 Å². The van der Waals surface area contributed by atoms with Gasteiger partial charge in [0.1, 0.15) is 11.8 Å². The number of nitrogens with one attached hydrogen (secondary N) is 1. The molecule has 1 atom stereocenters. The summed E-state index contributed by atoms with van der Waals surface area (Å²) in [7, 11) is 1.55. The van der Waals surface area contributed by atoms with Gasteiger partial charge in [0.05, 0.1) is 7.11 Å². The summed E-state index contributed by atoms with van der Waals surface area (Å²) in [5.41, 5.74) is 0.569. The molecule has 1 aromatic rings. The number of hydrogen-bond donors (Lipinski definition) is 2. The van der Waals surface area contributed by atoms with Crippen LogP contribution in [0.4, 0.5) is 0 Å². The summed E-state index contributed by atoms with van der Waals surface area (Å²) in [6.07, 6.45) is 1.13. The van der Waals surface area contributed by atoms with Gasteiger partial charge < -0.3 is 15.2 Å². The van der Waals surface area contributed by atoms with E-state index in [1.165, 1.54) is 0 Å². The van der Waals surface area contributed by atoms with Crippen molar-refractivity contribution in [2.45, 2.75) is 45.6 Å². The second-order valence-corrected chi connectivity index (χ2v) is 6.09. The van der Waals surface area contributed by atoms with Crippen LogP contribution in [-0.4, -0.2) is 35.9 Å². The van der Waals surface area contributed by atoms with Crippen LogP contribution in [0.15, 0.2) is 24.3 Å².